The van der Waals surface area contributed by atoms with Crippen molar-refractivity contribution in [2.75, 3.05) is 13.1 Å². The Balaban J connectivity index is 0.00000225. The Kier molecular flexibility index (Phi) is 5.86. The highest BCUT2D eigenvalue weighted by Gasteiger charge is 2.38. The van der Waals surface area contributed by atoms with E-state index in [0.717, 1.165) is 5.56 Å². The molecule has 2 N–H and O–H groups in total. The van der Waals surface area contributed by atoms with Crippen LogP contribution in [0.25, 0.3) is 0 Å². The molecule has 1 saturated heterocycles. The molecular weight excluding hydrogens is 358 g/mol. The average Bonchev–Trinajstić information content (AvgIpc) is 2.98. The quantitative estimate of drug-likeness (QED) is 0.889. The van der Waals surface area contributed by atoms with Gasteiger partial charge in [-0.05, 0) is 36.2 Å². The number of sulfonamides is 1. The van der Waals surface area contributed by atoms with Crippen LogP contribution < -0.4 is 5.73 Å². The molecule has 1 aliphatic rings. The molecule has 3 rings (SSSR count). The normalized spacial score (nSPS) is 20.7. The number of hydrogen-bond donors (Lipinski definition) is 1. The minimum atomic E-state index is -3.62. The number of nitriles is 1. The minimum Gasteiger partial charge on any atom is -0.326 e. The highest BCUT2D eigenvalue weighted by Crippen LogP contribution is 2.31. The average molecular weight is 378 g/mol. The summed E-state index contributed by atoms with van der Waals surface area (Å²) in [5.41, 5.74) is 8.29. The minimum absolute atomic E-state index is 0. The van der Waals surface area contributed by atoms with Gasteiger partial charge in [0.2, 0.25) is 10.0 Å². The van der Waals surface area contributed by atoms with Gasteiger partial charge in [0.25, 0.3) is 0 Å². The Bertz CT molecular complexity index is 894. The first-order valence-corrected chi connectivity index (χ1v) is 9.19. The third kappa shape index (κ3) is 3.70. The molecule has 2 atom stereocenters. The van der Waals surface area contributed by atoms with Gasteiger partial charge in [-0.1, -0.05) is 30.3 Å². The van der Waals surface area contributed by atoms with Crippen molar-refractivity contribution in [1.82, 2.24) is 4.31 Å². The van der Waals surface area contributed by atoms with Crippen LogP contribution in [0.3, 0.4) is 0 Å². The number of benzene rings is 2. The van der Waals surface area contributed by atoms with Gasteiger partial charge in [0.1, 0.15) is 0 Å². The first kappa shape index (κ1) is 19.4. The van der Waals surface area contributed by atoms with Crippen molar-refractivity contribution in [3.05, 3.63) is 65.2 Å². The molecule has 132 valence electrons. The third-order valence-electron chi connectivity index (χ3n) is 4.48. The summed E-state index contributed by atoms with van der Waals surface area (Å²) < 4.78 is 27.4. The van der Waals surface area contributed by atoms with Crippen molar-refractivity contribution in [2.24, 2.45) is 5.73 Å². The van der Waals surface area contributed by atoms with Crippen LogP contribution in [0.1, 0.15) is 22.6 Å². The van der Waals surface area contributed by atoms with Crippen molar-refractivity contribution < 1.29 is 8.42 Å². The summed E-state index contributed by atoms with van der Waals surface area (Å²) in [6.07, 6.45) is 0. The van der Waals surface area contributed by atoms with Gasteiger partial charge in [0, 0.05) is 25.0 Å². The molecule has 0 radical (unpaired) electrons. The molecule has 0 unspecified atom stereocenters. The second-order valence-electron chi connectivity index (χ2n) is 6.10. The molecule has 2 aromatic rings. The topological polar surface area (TPSA) is 87.2 Å². The van der Waals surface area contributed by atoms with Crippen molar-refractivity contribution in [3.63, 3.8) is 0 Å². The van der Waals surface area contributed by atoms with Gasteiger partial charge >= 0.3 is 0 Å². The van der Waals surface area contributed by atoms with Gasteiger partial charge < -0.3 is 5.73 Å². The van der Waals surface area contributed by atoms with Crippen LogP contribution in [-0.4, -0.2) is 31.9 Å². The molecule has 0 spiro atoms. The van der Waals surface area contributed by atoms with Crippen molar-refractivity contribution in [2.45, 2.75) is 23.8 Å². The van der Waals surface area contributed by atoms with Gasteiger partial charge in [0.05, 0.1) is 16.5 Å². The van der Waals surface area contributed by atoms with Crippen LogP contribution in [0.15, 0.2) is 53.4 Å². The molecule has 5 nitrogen and oxygen atoms in total. The van der Waals surface area contributed by atoms with Gasteiger partial charge in [0.15, 0.2) is 0 Å². The maximum Gasteiger partial charge on any atom is 0.243 e. The van der Waals surface area contributed by atoms with Crippen LogP contribution in [0, 0.1) is 18.3 Å². The van der Waals surface area contributed by atoms with Crippen molar-refractivity contribution >= 4 is 22.4 Å². The van der Waals surface area contributed by atoms with E-state index in [4.69, 9.17) is 11.0 Å². The summed E-state index contributed by atoms with van der Waals surface area (Å²) in [6.45, 7) is 2.37. The highest BCUT2D eigenvalue weighted by atomic mass is 35.5. The molecule has 0 aromatic heterocycles. The number of nitrogens with two attached hydrogens (primary N) is 1. The lowest BCUT2D eigenvalue weighted by atomic mass is 9.95. The van der Waals surface area contributed by atoms with E-state index in [1.807, 2.05) is 36.4 Å². The third-order valence-corrected chi connectivity index (χ3v) is 6.47. The fourth-order valence-corrected chi connectivity index (χ4v) is 4.90. The van der Waals surface area contributed by atoms with Crippen LogP contribution >= 0.6 is 12.4 Å². The molecule has 0 saturated carbocycles. The summed E-state index contributed by atoms with van der Waals surface area (Å²) in [5.74, 6) is -0.0142. The number of halogens is 1. The van der Waals surface area contributed by atoms with Crippen LogP contribution in [0.4, 0.5) is 0 Å². The maximum atomic E-state index is 13.0. The van der Waals surface area contributed by atoms with Gasteiger partial charge in [-0.25, -0.2) is 8.42 Å². The molecule has 25 heavy (non-hydrogen) atoms. The second kappa shape index (κ2) is 7.54. The summed E-state index contributed by atoms with van der Waals surface area (Å²) >= 11 is 0. The first-order valence-electron chi connectivity index (χ1n) is 7.75. The molecule has 0 aliphatic carbocycles. The zero-order valence-electron chi connectivity index (χ0n) is 13.8. The zero-order chi connectivity index (χ0) is 17.3. The van der Waals surface area contributed by atoms with E-state index in [1.165, 1.54) is 16.4 Å². The highest BCUT2D eigenvalue weighted by molar-refractivity contribution is 7.89. The van der Waals surface area contributed by atoms with Crippen molar-refractivity contribution in [1.29, 1.82) is 5.26 Å². The molecule has 0 amide bonds. The number of aryl methyl sites for hydroxylation is 1. The Morgan fingerprint density at radius 3 is 2.44 bits per heavy atom. The lowest BCUT2D eigenvalue weighted by molar-refractivity contribution is 0.469. The van der Waals surface area contributed by atoms with Crippen LogP contribution in [0.5, 0.6) is 0 Å². The lowest BCUT2D eigenvalue weighted by Gasteiger charge is -2.18. The fraction of sp³-hybridized carbons (Fsp3) is 0.278. The maximum absolute atomic E-state index is 13.0. The smallest absolute Gasteiger partial charge is 0.243 e. The Morgan fingerprint density at radius 2 is 1.84 bits per heavy atom. The van der Waals surface area contributed by atoms with E-state index in [0.29, 0.717) is 24.2 Å². The Hall–Kier alpha value is -1.91. The largest absolute Gasteiger partial charge is 0.326 e. The van der Waals surface area contributed by atoms with Gasteiger partial charge in [-0.2, -0.15) is 9.57 Å². The van der Waals surface area contributed by atoms with Gasteiger partial charge in [-0.15, -0.1) is 12.4 Å². The second-order valence-corrected chi connectivity index (χ2v) is 8.00. The van der Waals surface area contributed by atoms with E-state index < -0.39 is 10.0 Å². The lowest BCUT2D eigenvalue weighted by Crippen LogP contribution is -2.32. The summed E-state index contributed by atoms with van der Waals surface area (Å²) in [7, 11) is -3.62. The molecule has 1 fully saturated rings. The number of rotatable bonds is 3. The van der Waals surface area contributed by atoms with Crippen LogP contribution in [-0.2, 0) is 10.0 Å². The monoisotopic (exact) mass is 377 g/mol. The first-order chi connectivity index (χ1) is 11.4. The zero-order valence-corrected chi connectivity index (χ0v) is 15.4. The molecular formula is C18H20ClN3O2S. The number of nitrogens with zero attached hydrogens (tertiary/aromatic N) is 2. The molecule has 7 heteroatoms. The van der Waals surface area contributed by atoms with E-state index >= 15 is 0 Å². The summed E-state index contributed by atoms with van der Waals surface area (Å²) in [6, 6.07) is 16.2. The van der Waals surface area contributed by atoms with E-state index in [1.54, 1.807) is 13.0 Å². The number of hydrogen-bond acceptors (Lipinski definition) is 4. The van der Waals surface area contributed by atoms with E-state index in [9.17, 15) is 8.42 Å². The Labute approximate surface area is 154 Å². The molecule has 2 aromatic carbocycles. The standard InChI is InChI=1S/C18H19N3O2S.ClH/c1-13-9-14(10-19)7-8-18(13)24(22,23)21-11-16(17(20)12-21)15-5-3-2-4-6-15;/h2-9,16-17H,11-12,20H2,1H3;1H/t16-,17+;/m0./s1. The Morgan fingerprint density at radius 1 is 1.16 bits per heavy atom. The molecule has 1 heterocycles. The van der Waals surface area contributed by atoms with Gasteiger partial charge in [-0.3, -0.25) is 0 Å². The van der Waals surface area contributed by atoms with E-state index in [-0.39, 0.29) is 29.3 Å². The predicted molar refractivity (Wildman–Crippen MR) is 99.1 cm³/mol. The van der Waals surface area contributed by atoms with Crippen molar-refractivity contribution in [3.8, 4) is 6.07 Å². The molecule has 1 aliphatic heterocycles. The summed E-state index contributed by atoms with van der Waals surface area (Å²) in [5, 5.41) is 8.94. The molecule has 0 bridgehead atoms. The van der Waals surface area contributed by atoms with E-state index in [2.05, 4.69) is 0 Å². The SMILES string of the molecule is Cc1cc(C#N)ccc1S(=O)(=O)N1C[C@@H](N)[C@H](c2ccccc2)C1.Cl. The fourth-order valence-electron chi connectivity index (χ4n) is 3.19. The van der Waals surface area contributed by atoms with Crippen LogP contribution in [0.2, 0.25) is 0 Å². The predicted octanol–water partition coefficient (Wildman–Crippen LogP) is 2.40. The summed E-state index contributed by atoms with van der Waals surface area (Å²) in [4.78, 5) is 0.238.